The Bertz CT molecular complexity index is 1180. The summed E-state index contributed by atoms with van der Waals surface area (Å²) in [5.41, 5.74) is 3.15. The molecule has 2 amide bonds. The molecule has 6 nitrogen and oxygen atoms in total. The molecule has 0 saturated heterocycles. The minimum atomic E-state index is -0.348. The van der Waals surface area contributed by atoms with Crippen LogP contribution >= 0.6 is 0 Å². The summed E-state index contributed by atoms with van der Waals surface area (Å²) < 4.78 is 7.30. The number of carbonyl (C=O) groups is 2. The van der Waals surface area contributed by atoms with Crippen LogP contribution in [-0.2, 0) is 6.54 Å². The van der Waals surface area contributed by atoms with Gasteiger partial charge in [0, 0.05) is 36.1 Å². The number of rotatable bonds is 7. The van der Waals surface area contributed by atoms with E-state index in [1.54, 1.807) is 24.3 Å². The van der Waals surface area contributed by atoms with Crippen LogP contribution in [0.15, 0.2) is 77.5 Å². The lowest BCUT2D eigenvalue weighted by molar-refractivity contribution is 0.0950. The molecular weight excluding hydrogens is 378 g/mol. The molecule has 0 unspecified atom stereocenters. The van der Waals surface area contributed by atoms with Crippen LogP contribution in [0.1, 0.15) is 32.9 Å². The SMILES string of the molecule is Cc1ccc(C(=O)NCCCn2ccc3ccccc32)cc1NC(=O)c1ccco1. The molecule has 6 heteroatoms. The van der Waals surface area contributed by atoms with Crippen molar-refractivity contribution in [2.24, 2.45) is 0 Å². The first kappa shape index (κ1) is 19.5. The summed E-state index contributed by atoms with van der Waals surface area (Å²) in [6, 6.07) is 18.8. The summed E-state index contributed by atoms with van der Waals surface area (Å²) in [5.74, 6) is -0.290. The zero-order chi connectivity index (χ0) is 20.9. The molecule has 0 saturated carbocycles. The third kappa shape index (κ3) is 4.27. The van der Waals surface area contributed by atoms with E-state index in [0.29, 0.717) is 17.8 Å². The van der Waals surface area contributed by atoms with E-state index in [2.05, 4.69) is 39.6 Å². The maximum Gasteiger partial charge on any atom is 0.291 e. The highest BCUT2D eigenvalue weighted by Gasteiger charge is 2.13. The van der Waals surface area contributed by atoms with Gasteiger partial charge in [-0.2, -0.15) is 0 Å². The van der Waals surface area contributed by atoms with Crippen LogP contribution in [0.5, 0.6) is 0 Å². The van der Waals surface area contributed by atoms with Crippen LogP contribution in [0.3, 0.4) is 0 Å². The van der Waals surface area contributed by atoms with Crippen molar-refractivity contribution in [1.29, 1.82) is 0 Å². The van der Waals surface area contributed by atoms with Gasteiger partial charge in [0.1, 0.15) is 0 Å². The highest BCUT2D eigenvalue weighted by atomic mass is 16.3. The quantitative estimate of drug-likeness (QED) is 0.444. The van der Waals surface area contributed by atoms with E-state index < -0.39 is 0 Å². The normalized spacial score (nSPS) is 10.8. The first-order valence-corrected chi connectivity index (χ1v) is 9.89. The number of para-hydroxylation sites is 1. The molecule has 2 aromatic carbocycles. The summed E-state index contributed by atoms with van der Waals surface area (Å²) in [6.45, 7) is 3.26. The number of aromatic nitrogens is 1. The predicted octanol–water partition coefficient (Wildman–Crippen LogP) is 4.62. The Labute approximate surface area is 174 Å². The smallest absolute Gasteiger partial charge is 0.291 e. The average molecular weight is 401 g/mol. The van der Waals surface area contributed by atoms with Crippen molar-refractivity contribution in [3.05, 3.63) is 90.0 Å². The van der Waals surface area contributed by atoms with Gasteiger partial charge in [0.05, 0.1) is 6.26 Å². The molecule has 0 aliphatic rings. The third-order valence-corrected chi connectivity index (χ3v) is 5.03. The lowest BCUT2D eigenvalue weighted by Gasteiger charge is -2.11. The number of aryl methyl sites for hydroxylation is 2. The maximum atomic E-state index is 12.5. The molecule has 2 aromatic heterocycles. The van der Waals surface area contributed by atoms with Gasteiger partial charge in [0.25, 0.3) is 11.8 Å². The van der Waals surface area contributed by atoms with E-state index in [4.69, 9.17) is 4.42 Å². The summed E-state index contributed by atoms with van der Waals surface area (Å²) in [6.07, 6.45) is 4.33. The number of anilines is 1. The minimum Gasteiger partial charge on any atom is -0.459 e. The lowest BCUT2D eigenvalue weighted by Crippen LogP contribution is -2.25. The summed E-state index contributed by atoms with van der Waals surface area (Å²) >= 11 is 0. The molecule has 4 rings (SSSR count). The molecule has 0 spiro atoms. The van der Waals surface area contributed by atoms with Gasteiger partial charge < -0.3 is 19.6 Å². The summed E-state index contributed by atoms with van der Waals surface area (Å²) in [5, 5.41) is 6.96. The molecule has 0 atom stereocenters. The van der Waals surface area contributed by atoms with Gasteiger partial charge in [-0.25, -0.2) is 0 Å². The number of hydrogen-bond acceptors (Lipinski definition) is 3. The molecule has 0 fully saturated rings. The fourth-order valence-electron chi connectivity index (χ4n) is 3.38. The van der Waals surface area contributed by atoms with Gasteiger partial charge in [-0.1, -0.05) is 24.3 Å². The second kappa shape index (κ2) is 8.69. The fourth-order valence-corrected chi connectivity index (χ4v) is 3.38. The van der Waals surface area contributed by atoms with E-state index >= 15 is 0 Å². The minimum absolute atomic E-state index is 0.166. The van der Waals surface area contributed by atoms with Crippen LogP contribution in [0.25, 0.3) is 10.9 Å². The Morgan fingerprint density at radius 2 is 1.87 bits per heavy atom. The number of nitrogens with one attached hydrogen (secondary N) is 2. The zero-order valence-electron chi connectivity index (χ0n) is 16.7. The lowest BCUT2D eigenvalue weighted by atomic mass is 10.1. The highest BCUT2D eigenvalue weighted by molar-refractivity contribution is 6.03. The Balaban J connectivity index is 1.33. The zero-order valence-corrected chi connectivity index (χ0v) is 16.7. The molecule has 4 aromatic rings. The molecule has 0 radical (unpaired) electrons. The second-order valence-corrected chi connectivity index (χ2v) is 7.14. The number of fused-ring (bicyclic) bond motifs is 1. The molecule has 152 valence electrons. The van der Waals surface area contributed by atoms with Crippen LogP contribution in [0.2, 0.25) is 0 Å². The number of amides is 2. The van der Waals surface area contributed by atoms with Gasteiger partial charge in [0.15, 0.2) is 5.76 Å². The van der Waals surface area contributed by atoms with E-state index in [9.17, 15) is 9.59 Å². The van der Waals surface area contributed by atoms with Crippen molar-refractivity contribution < 1.29 is 14.0 Å². The van der Waals surface area contributed by atoms with Crippen molar-refractivity contribution in [2.45, 2.75) is 19.9 Å². The van der Waals surface area contributed by atoms with E-state index in [-0.39, 0.29) is 17.6 Å². The molecule has 2 heterocycles. The molecule has 30 heavy (non-hydrogen) atoms. The average Bonchev–Trinajstić information content (AvgIpc) is 3.43. The van der Waals surface area contributed by atoms with Gasteiger partial charge in [0.2, 0.25) is 0 Å². The van der Waals surface area contributed by atoms with E-state index in [1.807, 2.05) is 25.1 Å². The van der Waals surface area contributed by atoms with Crippen LogP contribution < -0.4 is 10.6 Å². The molecule has 2 N–H and O–H groups in total. The largest absolute Gasteiger partial charge is 0.459 e. The van der Waals surface area contributed by atoms with Crippen LogP contribution in [0, 0.1) is 6.92 Å². The second-order valence-electron chi connectivity index (χ2n) is 7.14. The number of hydrogen-bond donors (Lipinski definition) is 2. The van der Waals surface area contributed by atoms with Gasteiger partial charge >= 0.3 is 0 Å². The summed E-state index contributed by atoms with van der Waals surface area (Å²) in [4.78, 5) is 24.8. The Hall–Kier alpha value is -3.80. The number of nitrogens with zero attached hydrogens (tertiary/aromatic N) is 1. The molecule has 0 aliphatic carbocycles. The maximum absolute atomic E-state index is 12.5. The van der Waals surface area contributed by atoms with Crippen molar-refractivity contribution in [3.63, 3.8) is 0 Å². The topological polar surface area (TPSA) is 76.3 Å². The van der Waals surface area contributed by atoms with Gasteiger partial charge in [-0.05, 0) is 60.7 Å². The van der Waals surface area contributed by atoms with Crippen molar-refractivity contribution in [3.8, 4) is 0 Å². The fraction of sp³-hybridized carbons (Fsp3) is 0.167. The van der Waals surface area contributed by atoms with E-state index in [1.165, 1.54) is 17.2 Å². The Morgan fingerprint density at radius 1 is 1.00 bits per heavy atom. The van der Waals surface area contributed by atoms with Gasteiger partial charge in [-0.3, -0.25) is 9.59 Å². The van der Waals surface area contributed by atoms with E-state index in [0.717, 1.165) is 18.5 Å². The Morgan fingerprint density at radius 3 is 2.70 bits per heavy atom. The van der Waals surface area contributed by atoms with Crippen LogP contribution in [-0.4, -0.2) is 22.9 Å². The van der Waals surface area contributed by atoms with Crippen LogP contribution in [0.4, 0.5) is 5.69 Å². The number of carbonyl (C=O) groups excluding carboxylic acids is 2. The highest BCUT2D eigenvalue weighted by Crippen LogP contribution is 2.19. The molecular formula is C24H23N3O3. The van der Waals surface area contributed by atoms with Crippen molar-refractivity contribution in [1.82, 2.24) is 9.88 Å². The van der Waals surface area contributed by atoms with Crippen molar-refractivity contribution >= 4 is 28.4 Å². The molecule has 0 bridgehead atoms. The first-order chi connectivity index (χ1) is 14.6. The monoisotopic (exact) mass is 401 g/mol. The number of furan rings is 1. The standard InChI is InChI=1S/C24H23N3O3/c1-17-9-10-19(16-20(17)26-24(29)22-8-4-15-30-22)23(28)25-12-5-13-27-14-11-18-6-2-3-7-21(18)27/h2-4,6-11,14-16H,5,12-13H2,1H3,(H,25,28)(H,26,29). The predicted molar refractivity (Wildman–Crippen MR) is 117 cm³/mol. The Kier molecular flexibility index (Phi) is 5.66. The van der Waals surface area contributed by atoms with Crippen molar-refractivity contribution in [2.75, 3.05) is 11.9 Å². The third-order valence-electron chi connectivity index (χ3n) is 5.03. The first-order valence-electron chi connectivity index (χ1n) is 9.89. The van der Waals surface area contributed by atoms with Gasteiger partial charge in [-0.15, -0.1) is 0 Å². The number of benzene rings is 2. The summed E-state index contributed by atoms with van der Waals surface area (Å²) in [7, 11) is 0. The molecule has 0 aliphatic heterocycles.